The third-order valence-electron chi connectivity index (χ3n) is 5.06. The van der Waals surface area contributed by atoms with Gasteiger partial charge in [-0.1, -0.05) is 129 Å². The molecule has 3 N–H and O–H groups in total. The Morgan fingerprint density at radius 3 is 0.926 bits per heavy atom. The number of rotatable bonds is 20. The van der Waals surface area contributed by atoms with Gasteiger partial charge in [-0.3, -0.25) is 4.79 Å². The van der Waals surface area contributed by atoms with Gasteiger partial charge in [0, 0.05) is 6.92 Å². The highest BCUT2D eigenvalue weighted by Crippen LogP contribution is 2.14. The molecule has 0 spiro atoms. The molecule has 3 heteroatoms. The number of hydrogen-bond acceptors (Lipinski definition) is 2. The van der Waals surface area contributed by atoms with Crippen molar-refractivity contribution >= 4 is 5.97 Å². The Morgan fingerprint density at radius 2 is 0.741 bits per heavy atom. The Labute approximate surface area is 170 Å². The minimum atomic E-state index is -0.833. The van der Waals surface area contributed by atoms with Crippen LogP contribution in [-0.2, 0) is 4.79 Å². The Balaban J connectivity index is 0. The fourth-order valence-electron chi connectivity index (χ4n) is 3.40. The minimum Gasteiger partial charge on any atom is -0.481 e. The van der Waals surface area contributed by atoms with E-state index < -0.39 is 5.97 Å². The molecule has 0 saturated heterocycles. The average molecular weight is 386 g/mol. The van der Waals surface area contributed by atoms with Gasteiger partial charge in [0.05, 0.1) is 0 Å². The maximum Gasteiger partial charge on any atom is 0.300 e. The lowest BCUT2D eigenvalue weighted by molar-refractivity contribution is -0.134. The van der Waals surface area contributed by atoms with Crippen molar-refractivity contribution in [2.45, 2.75) is 142 Å². The number of carbonyl (C=O) groups is 1. The normalized spacial score (nSPS) is 10.5. The van der Waals surface area contributed by atoms with E-state index in [4.69, 9.17) is 15.6 Å². The van der Waals surface area contributed by atoms with Gasteiger partial charge in [0.2, 0.25) is 0 Å². The number of hydrogen-bond donors (Lipinski definition) is 2. The lowest BCUT2D eigenvalue weighted by Crippen LogP contribution is -1.97. The molecule has 0 aliphatic carbocycles. The molecule has 0 aliphatic heterocycles. The molecule has 0 atom stereocenters. The summed E-state index contributed by atoms with van der Waals surface area (Å²) in [6.07, 6.45) is 28.8. The molecule has 0 aromatic carbocycles. The van der Waals surface area contributed by atoms with Crippen molar-refractivity contribution in [3.05, 3.63) is 0 Å². The van der Waals surface area contributed by atoms with Crippen LogP contribution in [0.25, 0.3) is 0 Å². The van der Waals surface area contributed by atoms with Gasteiger partial charge in [0.25, 0.3) is 5.97 Å². The van der Waals surface area contributed by atoms with Gasteiger partial charge < -0.3 is 10.8 Å². The average Bonchev–Trinajstić information content (AvgIpc) is 2.63. The van der Waals surface area contributed by atoms with Crippen LogP contribution in [0.2, 0.25) is 0 Å². The number of nitrogens with two attached hydrogens (primary N) is 1. The van der Waals surface area contributed by atoms with Crippen molar-refractivity contribution in [3.8, 4) is 0 Å². The summed E-state index contributed by atoms with van der Waals surface area (Å²) in [7, 11) is 0. The van der Waals surface area contributed by atoms with Crippen LogP contribution in [0.3, 0.4) is 0 Å². The van der Waals surface area contributed by atoms with Gasteiger partial charge in [0.15, 0.2) is 0 Å². The Morgan fingerprint density at radius 1 is 0.556 bits per heavy atom. The summed E-state index contributed by atoms with van der Waals surface area (Å²) in [4.78, 5) is 9.00. The third kappa shape index (κ3) is 37.0. The SMILES string of the molecule is CC(=O)O.CCCCCCCCCCCCCCCCCCCCCCN. The smallest absolute Gasteiger partial charge is 0.300 e. The summed E-state index contributed by atoms with van der Waals surface area (Å²) < 4.78 is 0. The summed E-state index contributed by atoms with van der Waals surface area (Å²) in [5.41, 5.74) is 5.51. The summed E-state index contributed by atoms with van der Waals surface area (Å²) in [6.45, 7) is 4.25. The first-order valence-electron chi connectivity index (χ1n) is 12.0. The number of carboxylic acid groups (broad SMARTS) is 1. The molecule has 0 amide bonds. The van der Waals surface area contributed by atoms with E-state index in [9.17, 15) is 0 Å². The molecule has 0 unspecified atom stereocenters. The quantitative estimate of drug-likeness (QED) is 0.210. The standard InChI is InChI=1S/C22H47N.C2H4O2/c1-2-3-4-5-6-7-8-9-10-11-12-13-14-15-16-17-18-19-20-21-22-23;1-2(3)4/h2-23H2,1H3;1H3,(H,3,4). The summed E-state index contributed by atoms with van der Waals surface area (Å²) in [5, 5.41) is 7.42. The highest BCUT2D eigenvalue weighted by Gasteiger charge is 1.95. The zero-order valence-electron chi connectivity index (χ0n) is 18.8. The van der Waals surface area contributed by atoms with E-state index in [1.807, 2.05) is 0 Å². The van der Waals surface area contributed by atoms with E-state index in [1.54, 1.807) is 0 Å². The molecule has 0 fully saturated rings. The number of aliphatic carboxylic acids is 1. The molecule has 0 saturated carbocycles. The van der Waals surface area contributed by atoms with E-state index >= 15 is 0 Å². The molecule has 0 heterocycles. The lowest BCUT2D eigenvalue weighted by atomic mass is 10.0. The zero-order chi connectivity index (χ0) is 20.4. The lowest BCUT2D eigenvalue weighted by Gasteiger charge is -2.04. The largest absolute Gasteiger partial charge is 0.481 e. The first-order valence-corrected chi connectivity index (χ1v) is 12.0. The van der Waals surface area contributed by atoms with Crippen molar-refractivity contribution in [3.63, 3.8) is 0 Å². The van der Waals surface area contributed by atoms with E-state index in [0.29, 0.717) is 0 Å². The molecule has 0 aromatic rings. The number of carboxylic acids is 1. The van der Waals surface area contributed by atoms with Crippen molar-refractivity contribution in [1.29, 1.82) is 0 Å². The van der Waals surface area contributed by atoms with Crippen molar-refractivity contribution in [2.24, 2.45) is 5.73 Å². The van der Waals surface area contributed by atoms with Crippen LogP contribution >= 0.6 is 0 Å². The van der Waals surface area contributed by atoms with Crippen LogP contribution in [0.4, 0.5) is 0 Å². The van der Waals surface area contributed by atoms with Crippen molar-refractivity contribution in [2.75, 3.05) is 6.54 Å². The van der Waals surface area contributed by atoms with E-state index in [-0.39, 0.29) is 0 Å². The molecular formula is C24H51NO2. The first-order chi connectivity index (χ1) is 13.1. The molecule has 0 aliphatic rings. The molecular weight excluding hydrogens is 334 g/mol. The Kier molecular flexibility index (Phi) is 29.3. The van der Waals surface area contributed by atoms with Gasteiger partial charge in [-0.15, -0.1) is 0 Å². The Bertz CT molecular complexity index is 245. The van der Waals surface area contributed by atoms with E-state index in [2.05, 4.69) is 6.92 Å². The van der Waals surface area contributed by atoms with Crippen LogP contribution in [0.15, 0.2) is 0 Å². The predicted molar refractivity (Wildman–Crippen MR) is 120 cm³/mol. The van der Waals surface area contributed by atoms with Gasteiger partial charge in [-0.2, -0.15) is 0 Å². The zero-order valence-corrected chi connectivity index (χ0v) is 18.8. The Hall–Kier alpha value is -0.570. The molecule has 0 aromatic heterocycles. The molecule has 0 bridgehead atoms. The second kappa shape index (κ2) is 27.6. The maximum absolute atomic E-state index is 9.00. The topological polar surface area (TPSA) is 63.3 Å². The maximum atomic E-state index is 9.00. The molecule has 0 radical (unpaired) electrons. The van der Waals surface area contributed by atoms with Crippen LogP contribution in [0.1, 0.15) is 142 Å². The highest BCUT2D eigenvalue weighted by atomic mass is 16.4. The monoisotopic (exact) mass is 385 g/mol. The fraction of sp³-hybridized carbons (Fsp3) is 0.958. The van der Waals surface area contributed by atoms with E-state index in [1.165, 1.54) is 128 Å². The van der Waals surface area contributed by atoms with Crippen LogP contribution in [-0.4, -0.2) is 17.6 Å². The van der Waals surface area contributed by atoms with Crippen LogP contribution in [0.5, 0.6) is 0 Å². The van der Waals surface area contributed by atoms with E-state index in [0.717, 1.165) is 13.5 Å². The highest BCUT2D eigenvalue weighted by molar-refractivity contribution is 5.62. The summed E-state index contributed by atoms with van der Waals surface area (Å²) >= 11 is 0. The van der Waals surface area contributed by atoms with Gasteiger partial charge in [-0.05, 0) is 13.0 Å². The number of unbranched alkanes of at least 4 members (excludes halogenated alkanes) is 19. The van der Waals surface area contributed by atoms with Gasteiger partial charge >= 0.3 is 0 Å². The van der Waals surface area contributed by atoms with Crippen molar-refractivity contribution in [1.82, 2.24) is 0 Å². The predicted octanol–water partition coefficient (Wildman–Crippen LogP) is 7.86. The van der Waals surface area contributed by atoms with Gasteiger partial charge in [-0.25, -0.2) is 0 Å². The minimum absolute atomic E-state index is 0.833. The first kappa shape index (κ1) is 28.6. The third-order valence-corrected chi connectivity index (χ3v) is 5.06. The second-order valence-electron chi connectivity index (χ2n) is 8.03. The van der Waals surface area contributed by atoms with Crippen LogP contribution < -0.4 is 5.73 Å². The summed E-state index contributed by atoms with van der Waals surface area (Å²) in [5.74, 6) is -0.833. The fourth-order valence-corrected chi connectivity index (χ4v) is 3.40. The molecule has 0 rings (SSSR count). The second-order valence-corrected chi connectivity index (χ2v) is 8.03. The molecule has 3 nitrogen and oxygen atoms in total. The van der Waals surface area contributed by atoms with Crippen LogP contribution in [0, 0.1) is 0 Å². The summed E-state index contributed by atoms with van der Waals surface area (Å²) in [6, 6.07) is 0. The molecule has 164 valence electrons. The van der Waals surface area contributed by atoms with Gasteiger partial charge in [0.1, 0.15) is 0 Å². The van der Waals surface area contributed by atoms with Crippen molar-refractivity contribution < 1.29 is 9.90 Å². The molecule has 27 heavy (non-hydrogen) atoms.